The number of benzene rings is 3. The lowest BCUT2D eigenvalue weighted by Crippen LogP contribution is -2.31. The molecule has 3 aromatic rings. The standard InChI is InChI=1S/C25H22N2O2/c1-27-17-21(14-18-8-4-2-5-9-18)24(28)22-15-20(12-13-23(22)27)25(29)26-16-19-10-6-3-7-11-19/h2-15H,16-17H2,1H3,(H,26,29)/b21-14+. The van der Waals surface area contributed by atoms with Crippen LogP contribution in [0.15, 0.2) is 84.4 Å². The van der Waals surface area contributed by atoms with E-state index in [9.17, 15) is 9.59 Å². The smallest absolute Gasteiger partial charge is 0.251 e. The number of likely N-dealkylation sites (N-methyl/N-ethyl adjacent to an activating group) is 1. The zero-order valence-electron chi connectivity index (χ0n) is 16.3. The van der Waals surface area contributed by atoms with Crippen molar-refractivity contribution in [2.75, 3.05) is 18.5 Å². The molecule has 4 nitrogen and oxygen atoms in total. The van der Waals surface area contributed by atoms with Crippen molar-refractivity contribution in [1.29, 1.82) is 0 Å². The summed E-state index contributed by atoms with van der Waals surface area (Å²) in [4.78, 5) is 27.7. The third-order valence-corrected chi connectivity index (χ3v) is 5.05. The van der Waals surface area contributed by atoms with Crippen LogP contribution in [0.2, 0.25) is 0 Å². The Bertz CT molecular complexity index is 1070. The van der Waals surface area contributed by atoms with E-state index < -0.39 is 0 Å². The zero-order chi connectivity index (χ0) is 20.2. The molecule has 0 unspecified atom stereocenters. The van der Waals surface area contributed by atoms with Crippen molar-refractivity contribution >= 4 is 23.5 Å². The van der Waals surface area contributed by atoms with Crippen molar-refractivity contribution in [2.24, 2.45) is 0 Å². The van der Waals surface area contributed by atoms with Crippen molar-refractivity contribution in [3.63, 3.8) is 0 Å². The lowest BCUT2D eigenvalue weighted by Gasteiger charge is -2.28. The Labute approximate surface area is 170 Å². The number of hydrogen-bond acceptors (Lipinski definition) is 3. The molecule has 0 radical (unpaired) electrons. The second-order valence-electron chi connectivity index (χ2n) is 7.17. The summed E-state index contributed by atoms with van der Waals surface area (Å²) in [5.41, 5.74) is 4.63. The highest BCUT2D eigenvalue weighted by atomic mass is 16.1. The highest BCUT2D eigenvalue weighted by Gasteiger charge is 2.26. The predicted molar refractivity (Wildman–Crippen MR) is 116 cm³/mol. The van der Waals surface area contributed by atoms with E-state index >= 15 is 0 Å². The van der Waals surface area contributed by atoms with E-state index in [1.165, 1.54) is 0 Å². The summed E-state index contributed by atoms with van der Waals surface area (Å²) in [5.74, 6) is -0.217. The Kier molecular flexibility index (Phi) is 5.25. The van der Waals surface area contributed by atoms with E-state index in [4.69, 9.17) is 0 Å². The number of anilines is 1. The summed E-state index contributed by atoms with van der Waals surface area (Å²) in [6.45, 7) is 0.990. The van der Waals surface area contributed by atoms with Gasteiger partial charge in [0.25, 0.3) is 5.91 Å². The number of amides is 1. The molecule has 4 heteroatoms. The van der Waals surface area contributed by atoms with Crippen molar-refractivity contribution in [1.82, 2.24) is 5.32 Å². The molecule has 4 rings (SSSR count). The maximum absolute atomic E-state index is 13.1. The monoisotopic (exact) mass is 382 g/mol. The SMILES string of the molecule is CN1C/C(=C\c2ccccc2)C(=O)c2cc(C(=O)NCc3ccccc3)ccc21. The Hall–Kier alpha value is -3.66. The first-order valence-corrected chi connectivity index (χ1v) is 9.59. The number of rotatable bonds is 4. The van der Waals surface area contributed by atoms with Gasteiger partial charge in [0.1, 0.15) is 0 Å². The molecule has 1 heterocycles. The topological polar surface area (TPSA) is 49.4 Å². The first-order valence-electron chi connectivity index (χ1n) is 9.59. The van der Waals surface area contributed by atoms with Crippen molar-refractivity contribution < 1.29 is 9.59 Å². The van der Waals surface area contributed by atoms with Gasteiger partial charge in [-0.15, -0.1) is 0 Å². The highest BCUT2D eigenvalue weighted by molar-refractivity contribution is 6.17. The van der Waals surface area contributed by atoms with Gasteiger partial charge in [0.05, 0.1) is 0 Å². The third-order valence-electron chi connectivity index (χ3n) is 5.05. The molecular weight excluding hydrogens is 360 g/mol. The Morgan fingerprint density at radius 2 is 1.69 bits per heavy atom. The molecule has 0 fully saturated rings. The van der Waals surface area contributed by atoms with Crippen LogP contribution in [0.1, 0.15) is 31.8 Å². The van der Waals surface area contributed by atoms with Gasteiger partial charge in [-0.1, -0.05) is 60.7 Å². The fraction of sp³-hybridized carbons (Fsp3) is 0.120. The normalized spacial score (nSPS) is 14.6. The predicted octanol–water partition coefficient (Wildman–Crippen LogP) is 4.33. The molecule has 1 N–H and O–H groups in total. The van der Waals surface area contributed by atoms with Gasteiger partial charge in [-0.25, -0.2) is 0 Å². The van der Waals surface area contributed by atoms with E-state index in [2.05, 4.69) is 5.32 Å². The summed E-state index contributed by atoms with van der Waals surface area (Å²) in [7, 11) is 1.96. The highest BCUT2D eigenvalue weighted by Crippen LogP contribution is 2.30. The Morgan fingerprint density at radius 3 is 2.41 bits per heavy atom. The fourth-order valence-electron chi connectivity index (χ4n) is 3.52. The van der Waals surface area contributed by atoms with Crippen LogP contribution < -0.4 is 10.2 Å². The minimum absolute atomic E-state index is 0.0281. The van der Waals surface area contributed by atoms with Crippen molar-refractivity contribution in [3.05, 3.63) is 107 Å². The van der Waals surface area contributed by atoms with Gasteiger partial charge in [0.2, 0.25) is 0 Å². The summed E-state index contributed by atoms with van der Waals surface area (Å²) in [5, 5.41) is 2.92. The number of carbonyl (C=O) groups excluding carboxylic acids is 2. The second-order valence-corrected chi connectivity index (χ2v) is 7.17. The maximum atomic E-state index is 13.1. The van der Waals surface area contributed by atoms with E-state index in [1.54, 1.807) is 12.1 Å². The summed E-state index contributed by atoms with van der Waals surface area (Å²) in [6, 6.07) is 24.9. The third kappa shape index (κ3) is 4.11. The Morgan fingerprint density at radius 1 is 1.00 bits per heavy atom. The van der Waals surface area contributed by atoms with E-state index in [1.807, 2.05) is 84.8 Å². The van der Waals surface area contributed by atoms with Crippen molar-refractivity contribution in [2.45, 2.75) is 6.54 Å². The van der Waals surface area contributed by atoms with Crippen LogP contribution in [0.4, 0.5) is 5.69 Å². The van der Waals surface area contributed by atoms with E-state index in [0.29, 0.717) is 29.8 Å². The molecule has 0 aliphatic carbocycles. The summed E-state index contributed by atoms with van der Waals surface area (Å²) in [6.07, 6.45) is 1.92. The molecule has 3 aromatic carbocycles. The zero-order valence-corrected chi connectivity index (χ0v) is 16.3. The van der Waals surface area contributed by atoms with E-state index in [-0.39, 0.29) is 11.7 Å². The van der Waals surface area contributed by atoms with Crippen LogP contribution >= 0.6 is 0 Å². The summed E-state index contributed by atoms with van der Waals surface area (Å²) >= 11 is 0. The van der Waals surface area contributed by atoms with Crippen LogP contribution in [0, 0.1) is 0 Å². The molecule has 0 bridgehead atoms. The van der Waals surface area contributed by atoms with Crippen LogP contribution in [0.5, 0.6) is 0 Å². The van der Waals surface area contributed by atoms with Gasteiger partial charge in [-0.3, -0.25) is 9.59 Å². The molecule has 1 aliphatic heterocycles. The fourth-order valence-corrected chi connectivity index (χ4v) is 3.52. The van der Waals surface area contributed by atoms with Crippen molar-refractivity contribution in [3.8, 4) is 0 Å². The molecule has 0 aromatic heterocycles. The number of hydrogen-bond donors (Lipinski definition) is 1. The average molecular weight is 382 g/mol. The largest absolute Gasteiger partial charge is 0.370 e. The van der Waals surface area contributed by atoms with Crippen LogP contribution in [-0.4, -0.2) is 25.3 Å². The van der Waals surface area contributed by atoms with E-state index in [0.717, 1.165) is 16.8 Å². The van der Waals surface area contributed by atoms with Gasteiger partial charge in [0.15, 0.2) is 5.78 Å². The van der Waals surface area contributed by atoms with Gasteiger partial charge in [-0.05, 0) is 35.4 Å². The number of Topliss-reactive ketones (excluding diaryl/α,β-unsaturated/α-hetero) is 1. The molecule has 1 aliphatic rings. The molecule has 0 atom stereocenters. The lowest BCUT2D eigenvalue weighted by atomic mass is 9.93. The van der Waals surface area contributed by atoms with Crippen LogP contribution in [0.3, 0.4) is 0 Å². The minimum Gasteiger partial charge on any atom is -0.370 e. The quantitative estimate of drug-likeness (QED) is 0.683. The Balaban J connectivity index is 1.58. The molecular formula is C25H22N2O2. The van der Waals surface area contributed by atoms with Gasteiger partial charge in [-0.2, -0.15) is 0 Å². The number of ketones is 1. The van der Waals surface area contributed by atoms with Gasteiger partial charge < -0.3 is 10.2 Å². The summed E-state index contributed by atoms with van der Waals surface area (Å²) < 4.78 is 0. The number of fused-ring (bicyclic) bond motifs is 1. The molecule has 0 spiro atoms. The van der Waals surface area contributed by atoms with Crippen LogP contribution in [-0.2, 0) is 6.54 Å². The molecule has 1 amide bonds. The van der Waals surface area contributed by atoms with Gasteiger partial charge >= 0.3 is 0 Å². The number of nitrogens with zero attached hydrogens (tertiary/aromatic N) is 1. The lowest BCUT2D eigenvalue weighted by molar-refractivity contribution is 0.0951. The molecule has 29 heavy (non-hydrogen) atoms. The minimum atomic E-state index is -0.189. The first-order chi connectivity index (χ1) is 14.1. The maximum Gasteiger partial charge on any atom is 0.251 e. The second kappa shape index (κ2) is 8.15. The number of carbonyl (C=O) groups is 2. The number of nitrogens with one attached hydrogen (secondary N) is 1. The average Bonchev–Trinajstić information content (AvgIpc) is 2.76. The van der Waals surface area contributed by atoms with Crippen LogP contribution in [0.25, 0.3) is 6.08 Å². The van der Waals surface area contributed by atoms with Gasteiger partial charge in [0, 0.05) is 42.5 Å². The first kappa shape index (κ1) is 18.7. The molecule has 0 saturated heterocycles. The molecule has 0 saturated carbocycles. The molecule has 144 valence electrons.